The fourth-order valence-electron chi connectivity index (χ4n) is 3.34. The molecule has 3 atom stereocenters. The summed E-state index contributed by atoms with van der Waals surface area (Å²) < 4.78 is 9.88. The molecule has 0 aromatic heterocycles. The van der Waals surface area contributed by atoms with Gasteiger partial charge in [0.2, 0.25) is 0 Å². The van der Waals surface area contributed by atoms with Crippen LogP contribution in [0.5, 0.6) is 0 Å². The molecule has 0 fully saturated rings. The van der Waals surface area contributed by atoms with Crippen LogP contribution in [0.3, 0.4) is 0 Å². The molecule has 0 amide bonds. The highest BCUT2D eigenvalue weighted by molar-refractivity contribution is 5.96. The van der Waals surface area contributed by atoms with Gasteiger partial charge in [-0.25, -0.2) is 0 Å². The zero-order valence-electron chi connectivity index (χ0n) is 16.6. The van der Waals surface area contributed by atoms with Crippen LogP contribution in [0, 0.1) is 5.92 Å². The largest absolute Gasteiger partial charge is 0.469 e. The first-order chi connectivity index (χ1) is 12.8. The van der Waals surface area contributed by atoms with Crippen LogP contribution in [0.1, 0.15) is 65.2 Å². The van der Waals surface area contributed by atoms with Crippen molar-refractivity contribution in [2.45, 2.75) is 76.9 Å². The van der Waals surface area contributed by atoms with Crippen LogP contribution in [0.4, 0.5) is 0 Å². The third-order valence-electron chi connectivity index (χ3n) is 4.84. The van der Waals surface area contributed by atoms with Gasteiger partial charge in [-0.05, 0) is 50.7 Å². The molecule has 1 rings (SSSR count). The number of ketones is 1. The monoisotopic (exact) mass is 380 g/mol. The number of carbonyl (C=O) groups is 3. The quantitative estimate of drug-likeness (QED) is 0.317. The molecule has 27 heavy (non-hydrogen) atoms. The Kier molecular flexibility index (Phi) is 10.0. The Bertz CT molecular complexity index is 565. The lowest BCUT2D eigenvalue weighted by molar-refractivity contribution is -0.149. The van der Waals surface area contributed by atoms with E-state index in [-0.39, 0.29) is 30.2 Å². The molecule has 0 unspecified atom stereocenters. The van der Waals surface area contributed by atoms with E-state index in [4.69, 9.17) is 4.74 Å². The number of hydrogen-bond acceptors (Lipinski definition) is 6. The minimum absolute atomic E-state index is 0.0332. The first-order valence-electron chi connectivity index (χ1n) is 9.67. The fourth-order valence-corrected chi connectivity index (χ4v) is 3.34. The summed E-state index contributed by atoms with van der Waals surface area (Å²) in [5.74, 6) is -1.17. The van der Waals surface area contributed by atoms with E-state index in [9.17, 15) is 19.5 Å². The highest BCUT2D eigenvalue weighted by Crippen LogP contribution is 2.34. The molecule has 0 aliphatic heterocycles. The number of allylic oxidation sites excluding steroid dienone is 3. The topological polar surface area (TPSA) is 89.9 Å². The van der Waals surface area contributed by atoms with Crippen molar-refractivity contribution in [2.24, 2.45) is 5.92 Å². The standard InChI is InChI=1S/C21H32O6/c1-4-5-6-10-18-19(23)13-15-21(18,25)14-8-7-9-17(27-16(2)22)11-12-20(24)26-3/h5-6,13,15,17-18,25H,4,7-12,14H2,1-3H3/b6-5-/t17-,18+,21-/m0/s1. The molecule has 1 aliphatic rings. The Hall–Kier alpha value is -1.95. The van der Waals surface area contributed by atoms with Crippen LogP contribution in [0.25, 0.3) is 0 Å². The lowest BCUT2D eigenvalue weighted by Gasteiger charge is -2.28. The molecule has 0 aromatic rings. The van der Waals surface area contributed by atoms with E-state index in [1.807, 2.05) is 19.1 Å². The van der Waals surface area contributed by atoms with Crippen LogP contribution in [0.15, 0.2) is 24.3 Å². The van der Waals surface area contributed by atoms with Crippen molar-refractivity contribution < 1.29 is 29.0 Å². The zero-order valence-corrected chi connectivity index (χ0v) is 16.6. The fraction of sp³-hybridized carbons (Fsp3) is 0.667. The smallest absolute Gasteiger partial charge is 0.305 e. The average Bonchev–Trinajstić information content (AvgIpc) is 2.91. The second-order valence-electron chi connectivity index (χ2n) is 6.99. The van der Waals surface area contributed by atoms with Crippen molar-refractivity contribution in [2.75, 3.05) is 7.11 Å². The van der Waals surface area contributed by atoms with Gasteiger partial charge in [0.1, 0.15) is 6.10 Å². The second-order valence-corrected chi connectivity index (χ2v) is 6.99. The molecular formula is C21H32O6. The number of ether oxygens (including phenoxy) is 2. The molecule has 0 radical (unpaired) electrons. The highest BCUT2D eigenvalue weighted by atomic mass is 16.5. The van der Waals surface area contributed by atoms with E-state index in [2.05, 4.69) is 4.74 Å². The van der Waals surface area contributed by atoms with Gasteiger partial charge in [-0.1, -0.05) is 25.5 Å². The van der Waals surface area contributed by atoms with Crippen LogP contribution >= 0.6 is 0 Å². The Labute approximate surface area is 161 Å². The van der Waals surface area contributed by atoms with Gasteiger partial charge in [-0.15, -0.1) is 0 Å². The number of rotatable bonds is 12. The first-order valence-corrected chi connectivity index (χ1v) is 9.67. The maximum absolute atomic E-state index is 12.0. The Morgan fingerprint density at radius 3 is 2.67 bits per heavy atom. The van der Waals surface area contributed by atoms with Gasteiger partial charge in [-0.3, -0.25) is 14.4 Å². The molecule has 0 spiro atoms. The average molecular weight is 380 g/mol. The molecule has 1 N–H and O–H groups in total. The number of carbonyl (C=O) groups excluding carboxylic acids is 3. The van der Waals surface area contributed by atoms with Gasteiger partial charge >= 0.3 is 11.9 Å². The number of esters is 2. The number of unbranched alkanes of at least 4 members (excludes halogenated alkanes) is 1. The van der Waals surface area contributed by atoms with Crippen molar-refractivity contribution in [3.05, 3.63) is 24.3 Å². The lowest BCUT2D eigenvalue weighted by Crippen LogP contribution is -2.35. The van der Waals surface area contributed by atoms with E-state index in [1.54, 1.807) is 6.08 Å². The minimum Gasteiger partial charge on any atom is -0.469 e. The Morgan fingerprint density at radius 1 is 1.30 bits per heavy atom. The summed E-state index contributed by atoms with van der Waals surface area (Å²) in [5.41, 5.74) is -1.11. The molecule has 0 bridgehead atoms. The molecule has 152 valence electrons. The third-order valence-corrected chi connectivity index (χ3v) is 4.84. The Balaban J connectivity index is 2.49. The summed E-state index contributed by atoms with van der Waals surface area (Å²) in [6, 6.07) is 0. The second kappa shape index (κ2) is 11.7. The third kappa shape index (κ3) is 8.08. The van der Waals surface area contributed by atoms with Crippen LogP contribution in [-0.2, 0) is 23.9 Å². The molecule has 0 saturated carbocycles. The van der Waals surface area contributed by atoms with E-state index in [0.717, 1.165) is 12.8 Å². The summed E-state index contributed by atoms with van der Waals surface area (Å²) in [7, 11) is 1.33. The van der Waals surface area contributed by atoms with Gasteiger partial charge in [0.05, 0.1) is 18.6 Å². The van der Waals surface area contributed by atoms with Crippen LogP contribution in [0.2, 0.25) is 0 Å². The summed E-state index contributed by atoms with van der Waals surface area (Å²) >= 11 is 0. The van der Waals surface area contributed by atoms with Crippen LogP contribution in [-0.4, -0.2) is 41.6 Å². The normalized spacial score (nSPS) is 23.0. The van der Waals surface area contributed by atoms with E-state index in [1.165, 1.54) is 20.1 Å². The predicted octanol–water partition coefficient (Wildman–Crippen LogP) is 3.27. The number of aliphatic hydroxyl groups is 1. The summed E-state index contributed by atoms with van der Waals surface area (Å²) in [6.07, 6.45) is 11.2. The lowest BCUT2D eigenvalue weighted by atomic mass is 9.83. The number of hydrogen-bond donors (Lipinski definition) is 1. The molecule has 0 saturated heterocycles. The molecule has 1 aliphatic carbocycles. The van der Waals surface area contributed by atoms with Crippen molar-refractivity contribution in [1.29, 1.82) is 0 Å². The van der Waals surface area contributed by atoms with Gasteiger partial charge in [0.15, 0.2) is 5.78 Å². The first kappa shape index (κ1) is 23.1. The summed E-state index contributed by atoms with van der Waals surface area (Å²) in [6.45, 7) is 3.37. The summed E-state index contributed by atoms with van der Waals surface area (Å²) in [5, 5.41) is 10.9. The van der Waals surface area contributed by atoms with Crippen molar-refractivity contribution in [3.8, 4) is 0 Å². The van der Waals surface area contributed by atoms with Gasteiger partial charge in [-0.2, -0.15) is 0 Å². The van der Waals surface area contributed by atoms with Crippen molar-refractivity contribution >= 4 is 17.7 Å². The zero-order chi connectivity index (χ0) is 20.3. The van der Waals surface area contributed by atoms with E-state index >= 15 is 0 Å². The van der Waals surface area contributed by atoms with Gasteiger partial charge in [0.25, 0.3) is 0 Å². The Morgan fingerprint density at radius 2 is 2.04 bits per heavy atom. The molecule has 0 heterocycles. The molecular weight excluding hydrogens is 348 g/mol. The van der Waals surface area contributed by atoms with E-state index in [0.29, 0.717) is 32.1 Å². The molecule has 0 aromatic carbocycles. The predicted molar refractivity (Wildman–Crippen MR) is 102 cm³/mol. The van der Waals surface area contributed by atoms with Gasteiger partial charge < -0.3 is 14.6 Å². The minimum atomic E-state index is -1.11. The highest BCUT2D eigenvalue weighted by Gasteiger charge is 2.41. The number of methoxy groups -OCH3 is 1. The molecule has 6 heteroatoms. The SMILES string of the molecule is CC/C=C\C[C@@H]1C(=O)C=C[C@@]1(O)CCCC[C@@H](CCC(=O)OC)OC(C)=O. The van der Waals surface area contributed by atoms with Crippen LogP contribution < -0.4 is 0 Å². The molecule has 6 nitrogen and oxygen atoms in total. The summed E-state index contributed by atoms with van der Waals surface area (Å²) in [4.78, 5) is 34.6. The van der Waals surface area contributed by atoms with E-state index < -0.39 is 11.5 Å². The van der Waals surface area contributed by atoms with Crippen molar-refractivity contribution in [1.82, 2.24) is 0 Å². The maximum atomic E-state index is 12.0. The van der Waals surface area contributed by atoms with Gasteiger partial charge in [0, 0.05) is 13.3 Å². The maximum Gasteiger partial charge on any atom is 0.305 e. The van der Waals surface area contributed by atoms with Crippen molar-refractivity contribution in [3.63, 3.8) is 0 Å².